The van der Waals surface area contributed by atoms with Crippen LogP contribution in [0, 0.1) is 5.82 Å². The minimum Gasteiger partial charge on any atom is -0.495 e. The first-order valence-corrected chi connectivity index (χ1v) is 14.0. The number of benzene rings is 2. The van der Waals surface area contributed by atoms with E-state index < -0.39 is 26.3 Å². The molecule has 2 aromatic heterocycles. The Balaban J connectivity index is 1.58. The predicted molar refractivity (Wildman–Crippen MR) is 149 cm³/mol. The summed E-state index contributed by atoms with van der Waals surface area (Å²) in [7, 11) is -2.41. The predicted octanol–water partition coefficient (Wildman–Crippen LogP) is 5.27. The van der Waals surface area contributed by atoms with Crippen molar-refractivity contribution in [3.8, 4) is 17.4 Å². The molecule has 0 bridgehead atoms. The van der Waals surface area contributed by atoms with Crippen LogP contribution in [-0.4, -0.2) is 45.9 Å². The molecule has 2 aromatic carbocycles. The van der Waals surface area contributed by atoms with Gasteiger partial charge >= 0.3 is 0 Å². The lowest BCUT2D eigenvalue weighted by Gasteiger charge is -2.21. The van der Waals surface area contributed by atoms with Crippen LogP contribution in [0.5, 0.6) is 17.4 Å². The number of fused-ring (bicyclic) bond motifs is 1. The minimum absolute atomic E-state index is 0.0322. The van der Waals surface area contributed by atoms with E-state index in [9.17, 15) is 17.6 Å². The zero-order chi connectivity index (χ0) is 29.5. The van der Waals surface area contributed by atoms with Crippen LogP contribution in [0.3, 0.4) is 0 Å². The normalized spacial score (nSPS) is 12.4. The monoisotopic (exact) mass is 569 g/mol. The molecule has 0 saturated carbocycles. The number of hydrogen-bond acceptors (Lipinski definition) is 8. The summed E-state index contributed by atoms with van der Waals surface area (Å²) in [6, 6.07) is 7.00. The molecule has 40 heavy (non-hydrogen) atoms. The van der Waals surface area contributed by atoms with E-state index >= 15 is 0 Å². The summed E-state index contributed by atoms with van der Waals surface area (Å²) in [5.41, 5.74) is 0.830. The Morgan fingerprint density at radius 3 is 2.40 bits per heavy atom. The summed E-state index contributed by atoms with van der Waals surface area (Å²) in [5.74, 6) is -0.743. The highest BCUT2D eigenvalue weighted by molar-refractivity contribution is 7.92. The molecule has 2 heterocycles. The van der Waals surface area contributed by atoms with Gasteiger partial charge in [0, 0.05) is 18.3 Å². The Morgan fingerprint density at radius 2 is 1.80 bits per heavy atom. The number of methoxy groups -OCH3 is 1. The van der Waals surface area contributed by atoms with Gasteiger partial charge < -0.3 is 14.8 Å². The molecule has 0 aliphatic heterocycles. The van der Waals surface area contributed by atoms with Gasteiger partial charge in [-0.1, -0.05) is 6.07 Å². The van der Waals surface area contributed by atoms with E-state index in [1.807, 2.05) is 20.8 Å². The maximum atomic E-state index is 15.0. The van der Waals surface area contributed by atoms with Crippen LogP contribution in [0.25, 0.3) is 10.9 Å². The Hall–Kier alpha value is -4.06. The molecule has 1 amide bonds. The molecule has 0 radical (unpaired) electrons. The third-order valence-corrected chi connectivity index (χ3v) is 8.63. The Bertz CT molecular complexity index is 1690. The van der Waals surface area contributed by atoms with E-state index in [1.165, 1.54) is 43.9 Å². The van der Waals surface area contributed by atoms with Gasteiger partial charge in [-0.05, 0) is 59.2 Å². The number of nitrogens with zero attached hydrogens (tertiary/aromatic N) is 4. The summed E-state index contributed by atoms with van der Waals surface area (Å²) in [6.07, 6.45) is 4.31. The molecule has 212 valence electrons. The zero-order valence-corrected chi connectivity index (χ0v) is 24.3. The number of carbonyl (C=O) groups excluding carboxylic acids is 1. The van der Waals surface area contributed by atoms with Crippen molar-refractivity contribution < 1.29 is 27.1 Å². The van der Waals surface area contributed by atoms with Gasteiger partial charge in [0.2, 0.25) is 11.8 Å². The number of ether oxygens (including phenoxy) is 2. The van der Waals surface area contributed by atoms with Crippen molar-refractivity contribution in [3.63, 3.8) is 0 Å². The lowest BCUT2D eigenvalue weighted by atomic mass is 10.1. The Morgan fingerprint density at radius 1 is 1.07 bits per heavy atom. The second kappa shape index (κ2) is 10.5. The molecule has 0 aliphatic carbocycles. The van der Waals surface area contributed by atoms with Crippen LogP contribution in [0.15, 0.2) is 53.9 Å². The van der Waals surface area contributed by atoms with Crippen molar-refractivity contribution in [1.29, 1.82) is 0 Å². The van der Waals surface area contributed by atoms with E-state index in [2.05, 4.69) is 20.4 Å². The van der Waals surface area contributed by atoms with Gasteiger partial charge in [-0.3, -0.25) is 9.48 Å². The van der Waals surface area contributed by atoms with Crippen LogP contribution in [0.2, 0.25) is 0 Å². The Kier molecular flexibility index (Phi) is 7.59. The van der Waals surface area contributed by atoms with Crippen molar-refractivity contribution in [2.75, 3.05) is 12.4 Å². The fourth-order valence-electron chi connectivity index (χ4n) is 3.80. The highest BCUT2D eigenvalue weighted by atomic mass is 32.2. The number of halogens is 1. The van der Waals surface area contributed by atoms with Crippen molar-refractivity contribution in [2.45, 2.75) is 63.1 Å². The number of hydrogen-bond donors (Lipinski definition) is 1. The van der Waals surface area contributed by atoms with Gasteiger partial charge in [-0.25, -0.2) is 22.8 Å². The maximum Gasteiger partial charge on any atom is 0.230 e. The number of nitrogens with one attached hydrogen (secondary N) is 1. The number of anilines is 1. The van der Waals surface area contributed by atoms with Crippen LogP contribution in [0.1, 0.15) is 47.1 Å². The van der Waals surface area contributed by atoms with Crippen LogP contribution >= 0.6 is 0 Å². The largest absolute Gasteiger partial charge is 0.495 e. The van der Waals surface area contributed by atoms with Crippen LogP contribution < -0.4 is 14.8 Å². The number of aromatic nitrogens is 4. The van der Waals surface area contributed by atoms with E-state index in [4.69, 9.17) is 9.47 Å². The van der Waals surface area contributed by atoms with Gasteiger partial charge in [-0.15, -0.1) is 0 Å². The molecule has 0 aliphatic rings. The average Bonchev–Trinajstić information content (AvgIpc) is 3.33. The molecule has 0 atom stereocenters. The minimum atomic E-state index is -3.79. The average molecular weight is 570 g/mol. The molecule has 12 heteroatoms. The summed E-state index contributed by atoms with van der Waals surface area (Å²) in [6.45, 7) is 10.7. The second-order valence-electron chi connectivity index (χ2n) is 11.2. The summed E-state index contributed by atoms with van der Waals surface area (Å²) < 4.78 is 53.3. The van der Waals surface area contributed by atoms with E-state index in [-0.39, 0.29) is 39.8 Å². The summed E-state index contributed by atoms with van der Waals surface area (Å²) >= 11 is 0. The molecule has 0 saturated heterocycles. The topological polar surface area (TPSA) is 125 Å². The molecular weight excluding hydrogens is 537 g/mol. The second-order valence-corrected chi connectivity index (χ2v) is 13.9. The molecule has 0 spiro atoms. The zero-order valence-electron chi connectivity index (χ0n) is 23.4. The van der Waals surface area contributed by atoms with Gasteiger partial charge in [0.05, 0.1) is 46.6 Å². The third-order valence-electron chi connectivity index (χ3n) is 6.12. The van der Waals surface area contributed by atoms with E-state index in [1.54, 1.807) is 31.6 Å². The molecule has 4 rings (SSSR count). The lowest BCUT2D eigenvalue weighted by Crippen LogP contribution is -2.28. The highest BCUT2D eigenvalue weighted by Gasteiger charge is 2.34. The Labute approximate surface area is 232 Å². The van der Waals surface area contributed by atoms with Gasteiger partial charge in [0.1, 0.15) is 28.5 Å². The fourth-order valence-corrected chi connectivity index (χ4v) is 5.14. The molecule has 0 fully saturated rings. The number of rotatable bonds is 7. The smallest absolute Gasteiger partial charge is 0.230 e. The highest BCUT2D eigenvalue weighted by Crippen LogP contribution is 2.37. The van der Waals surface area contributed by atoms with Crippen LogP contribution in [0.4, 0.5) is 10.1 Å². The van der Waals surface area contributed by atoms with E-state index in [0.29, 0.717) is 16.6 Å². The SMILES string of the molecule is COc1cc2ncnc(Oc3ccc(CC(=O)Nc4cnn(C(C)(C)C)c4)c(F)c3)c2cc1S(=O)(=O)C(C)(C)C. The van der Waals surface area contributed by atoms with Crippen LogP contribution in [-0.2, 0) is 26.6 Å². The number of amides is 1. The third kappa shape index (κ3) is 5.91. The standard InChI is InChI=1S/C28H32FN5O5S/c1-27(2,3)34-15-18(14-32-34)33-25(35)10-17-8-9-19(11-21(17)29)39-26-20-12-24(40(36,37)28(4,5)6)23(38-7)13-22(20)30-16-31-26/h8-9,11-16H,10H2,1-7H3,(H,33,35). The van der Waals surface area contributed by atoms with Gasteiger partial charge in [0.25, 0.3) is 0 Å². The molecule has 1 N–H and O–H groups in total. The van der Waals surface area contributed by atoms with E-state index in [0.717, 1.165) is 6.07 Å². The first-order chi connectivity index (χ1) is 18.6. The van der Waals surface area contributed by atoms with Crippen molar-refractivity contribution in [3.05, 3.63) is 60.4 Å². The molecular formula is C28H32FN5O5S. The molecule has 10 nitrogen and oxygen atoms in total. The van der Waals surface area contributed by atoms with Gasteiger partial charge in [0.15, 0.2) is 9.84 Å². The quantitative estimate of drug-likeness (QED) is 0.319. The van der Waals surface area contributed by atoms with Gasteiger partial charge in [-0.2, -0.15) is 5.10 Å². The fraction of sp³-hybridized carbons (Fsp3) is 0.357. The molecule has 4 aromatic rings. The van der Waals surface area contributed by atoms with Crippen molar-refractivity contribution in [2.24, 2.45) is 0 Å². The maximum absolute atomic E-state index is 15.0. The van der Waals surface area contributed by atoms with Crippen molar-refractivity contribution >= 4 is 32.3 Å². The summed E-state index contributed by atoms with van der Waals surface area (Å²) in [5, 5.41) is 7.28. The first-order valence-electron chi connectivity index (χ1n) is 12.5. The number of carbonyl (C=O) groups is 1. The number of sulfone groups is 1. The summed E-state index contributed by atoms with van der Waals surface area (Å²) in [4.78, 5) is 20.8. The first kappa shape index (κ1) is 28.9. The molecule has 0 unspecified atom stereocenters. The van der Waals surface area contributed by atoms with Crippen molar-refractivity contribution in [1.82, 2.24) is 19.7 Å². The lowest BCUT2D eigenvalue weighted by molar-refractivity contribution is -0.115.